The molecule has 0 spiro atoms. The maximum Gasteiger partial charge on any atom is 0.159 e. The molecular formula is C16H15BrO2. The Labute approximate surface area is 120 Å². The van der Waals surface area contributed by atoms with E-state index in [1.807, 2.05) is 18.2 Å². The van der Waals surface area contributed by atoms with Gasteiger partial charge in [0.2, 0.25) is 0 Å². The molecule has 2 aromatic carbocycles. The second-order valence-corrected chi connectivity index (χ2v) is 5.30. The highest BCUT2D eigenvalue weighted by Crippen LogP contribution is 2.28. The number of hydrogen-bond donors (Lipinski definition) is 1. The van der Waals surface area contributed by atoms with Crippen molar-refractivity contribution < 1.29 is 9.90 Å². The number of ketones is 1. The summed E-state index contributed by atoms with van der Waals surface area (Å²) in [5.74, 6) is 0.00244. The minimum absolute atomic E-state index is 0.0555. The number of halogens is 1. The Balaban J connectivity index is 2.20. The number of rotatable bonds is 4. The van der Waals surface area contributed by atoms with E-state index in [0.29, 0.717) is 12.8 Å². The van der Waals surface area contributed by atoms with Crippen molar-refractivity contribution in [1.82, 2.24) is 0 Å². The third kappa shape index (κ3) is 3.44. The standard InChI is InChI=1S/C16H15BrO2/c1-11(18)10-14(19)9-8-13-7-6-12-4-2-3-5-15(12)16(13)17/h2-7,10,18H,8-9H2,1H3/b11-10-. The molecule has 0 fully saturated rings. The Hall–Kier alpha value is -1.61. The fourth-order valence-electron chi connectivity index (χ4n) is 2.03. The number of hydrogen-bond acceptors (Lipinski definition) is 2. The minimum Gasteiger partial charge on any atom is -0.512 e. The van der Waals surface area contributed by atoms with Crippen molar-refractivity contribution in [3.63, 3.8) is 0 Å². The van der Waals surface area contributed by atoms with Crippen LogP contribution in [0.5, 0.6) is 0 Å². The Morgan fingerprint density at radius 1 is 1.26 bits per heavy atom. The average Bonchev–Trinajstić information content (AvgIpc) is 2.37. The molecule has 0 bridgehead atoms. The monoisotopic (exact) mass is 318 g/mol. The molecular weight excluding hydrogens is 304 g/mol. The van der Waals surface area contributed by atoms with Crippen LogP contribution in [-0.2, 0) is 11.2 Å². The molecule has 0 aliphatic heterocycles. The number of aliphatic hydroxyl groups excluding tert-OH is 1. The topological polar surface area (TPSA) is 37.3 Å². The van der Waals surface area contributed by atoms with Crippen molar-refractivity contribution in [2.24, 2.45) is 0 Å². The summed E-state index contributed by atoms with van der Waals surface area (Å²) >= 11 is 3.61. The molecule has 0 aromatic heterocycles. The van der Waals surface area contributed by atoms with Gasteiger partial charge in [0.05, 0.1) is 5.76 Å². The molecule has 3 heteroatoms. The SMILES string of the molecule is C/C(O)=C/C(=O)CCc1ccc2ccccc2c1Br. The quantitative estimate of drug-likeness (QED) is 0.662. The van der Waals surface area contributed by atoms with Crippen LogP contribution >= 0.6 is 15.9 Å². The van der Waals surface area contributed by atoms with Gasteiger partial charge in [0.1, 0.15) is 0 Å². The van der Waals surface area contributed by atoms with Gasteiger partial charge in [0.25, 0.3) is 0 Å². The van der Waals surface area contributed by atoms with Crippen LogP contribution in [0.3, 0.4) is 0 Å². The fourth-order valence-corrected chi connectivity index (χ4v) is 2.73. The van der Waals surface area contributed by atoms with E-state index in [4.69, 9.17) is 5.11 Å². The van der Waals surface area contributed by atoms with Gasteiger partial charge in [-0.15, -0.1) is 0 Å². The largest absolute Gasteiger partial charge is 0.512 e. The lowest BCUT2D eigenvalue weighted by Crippen LogP contribution is -1.98. The third-order valence-electron chi connectivity index (χ3n) is 2.95. The number of carbonyl (C=O) groups excluding carboxylic acids is 1. The van der Waals surface area contributed by atoms with E-state index in [-0.39, 0.29) is 11.5 Å². The molecule has 98 valence electrons. The second kappa shape index (κ2) is 6.02. The van der Waals surface area contributed by atoms with E-state index in [0.717, 1.165) is 15.4 Å². The van der Waals surface area contributed by atoms with Crippen molar-refractivity contribution in [3.8, 4) is 0 Å². The van der Waals surface area contributed by atoms with Crippen LogP contribution in [0.2, 0.25) is 0 Å². The van der Waals surface area contributed by atoms with Gasteiger partial charge < -0.3 is 5.11 Å². The molecule has 19 heavy (non-hydrogen) atoms. The van der Waals surface area contributed by atoms with E-state index in [1.54, 1.807) is 0 Å². The molecule has 0 aliphatic carbocycles. The summed E-state index contributed by atoms with van der Waals surface area (Å²) in [6.07, 6.45) is 2.33. The lowest BCUT2D eigenvalue weighted by atomic mass is 10.0. The van der Waals surface area contributed by atoms with Crippen molar-refractivity contribution in [1.29, 1.82) is 0 Å². The molecule has 0 saturated carbocycles. The fraction of sp³-hybridized carbons (Fsp3) is 0.188. The van der Waals surface area contributed by atoms with E-state index < -0.39 is 0 Å². The van der Waals surface area contributed by atoms with E-state index >= 15 is 0 Å². The maximum absolute atomic E-state index is 11.5. The van der Waals surface area contributed by atoms with Crippen molar-refractivity contribution in [2.45, 2.75) is 19.8 Å². The molecule has 0 heterocycles. The zero-order valence-corrected chi connectivity index (χ0v) is 12.3. The lowest BCUT2D eigenvalue weighted by Gasteiger charge is -2.07. The van der Waals surface area contributed by atoms with Gasteiger partial charge in [-0.05, 0) is 45.6 Å². The van der Waals surface area contributed by atoms with Gasteiger partial charge in [0.15, 0.2) is 5.78 Å². The highest BCUT2D eigenvalue weighted by molar-refractivity contribution is 9.10. The van der Waals surface area contributed by atoms with Crippen molar-refractivity contribution in [2.75, 3.05) is 0 Å². The number of aliphatic hydroxyl groups is 1. The van der Waals surface area contributed by atoms with E-state index in [1.165, 1.54) is 18.4 Å². The molecule has 0 atom stereocenters. The van der Waals surface area contributed by atoms with Gasteiger partial charge in [-0.2, -0.15) is 0 Å². The van der Waals surface area contributed by atoms with Crippen LogP contribution in [0.25, 0.3) is 10.8 Å². The smallest absolute Gasteiger partial charge is 0.159 e. The van der Waals surface area contributed by atoms with Crippen molar-refractivity contribution >= 4 is 32.5 Å². The average molecular weight is 319 g/mol. The number of carbonyl (C=O) groups is 1. The number of allylic oxidation sites excluding steroid dienone is 2. The van der Waals surface area contributed by atoms with Gasteiger partial charge in [0, 0.05) is 17.0 Å². The van der Waals surface area contributed by atoms with E-state index in [9.17, 15) is 4.79 Å². The maximum atomic E-state index is 11.5. The van der Waals surface area contributed by atoms with Crippen LogP contribution < -0.4 is 0 Å². The van der Waals surface area contributed by atoms with Crippen LogP contribution in [0.4, 0.5) is 0 Å². The predicted molar refractivity (Wildman–Crippen MR) is 81.4 cm³/mol. The molecule has 1 N–H and O–H groups in total. The number of benzene rings is 2. The summed E-state index contributed by atoms with van der Waals surface area (Å²) in [4.78, 5) is 11.5. The van der Waals surface area contributed by atoms with Crippen molar-refractivity contribution in [3.05, 3.63) is 58.3 Å². The molecule has 2 rings (SSSR count). The Kier molecular flexibility index (Phi) is 4.38. The summed E-state index contributed by atoms with van der Waals surface area (Å²) in [7, 11) is 0. The first-order valence-electron chi connectivity index (χ1n) is 6.14. The molecule has 0 radical (unpaired) electrons. The summed E-state index contributed by atoms with van der Waals surface area (Å²) in [5, 5.41) is 11.4. The summed E-state index contributed by atoms with van der Waals surface area (Å²) in [6.45, 7) is 1.50. The summed E-state index contributed by atoms with van der Waals surface area (Å²) in [5.41, 5.74) is 1.11. The highest BCUT2D eigenvalue weighted by Gasteiger charge is 2.06. The molecule has 0 aliphatic rings. The first-order valence-corrected chi connectivity index (χ1v) is 6.93. The van der Waals surface area contributed by atoms with E-state index in [2.05, 4.69) is 34.1 Å². The first kappa shape index (κ1) is 13.8. The molecule has 0 amide bonds. The molecule has 2 aromatic rings. The van der Waals surface area contributed by atoms with Gasteiger partial charge in [-0.25, -0.2) is 0 Å². The molecule has 0 saturated heterocycles. The Bertz CT molecular complexity index is 640. The Morgan fingerprint density at radius 3 is 2.74 bits per heavy atom. The molecule has 0 unspecified atom stereocenters. The third-order valence-corrected chi connectivity index (χ3v) is 3.89. The molecule has 2 nitrogen and oxygen atoms in total. The lowest BCUT2D eigenvalue weighted by molar-refractivity contribution is -0.114. The first-order chi connectivity index (χ1) is 9.08. The van der Waals surface area contributed by atoms with Gasteiger partial charge in [-0.1, -0.05) is 36.4 Å². The zero-order valence-electron chi connectivity index (χ0n) is 10.7. The number of fused-ring (bicyclic) bond motifs is 1. The van der Waals surface area contributed by atoms with Crippen LogP contribution in [0.1, 0.15) is 18.9 Å². The number of aryl methyl sites for hydroxylation is 1. The zero-order chi connectivity index (χ0) is 13.8. The summed E-state index contributed by atoms with van der Waals surface area (Å²) in [6, 6.07) is 12.2. The summed E-state index contributed by atoms with van der Waals surface area (Å²) < 4.78 is 1.04. The van der Waals surface area contributed by atoms with Crippen LogP contribution in [0, 0.1) is 0 Å². The van der Waals surface area contributed by atoms with Gasteiger partial charge >= 0.3 is 0 Å². The normalized spacial score (nSPS) is 11.8. The Morgan fingerprint density at radius 2 is 2.00 bits per heavy atom. The second-order valence-electron chi connectivity index (χ2n) is 4.51. The van der Waals surface area contributed by atoms with Crippen LogP contribution in [0.15, 0.2) is 52.7 Å². The van der Waals surface area contributed by atoms with Crippen LogP contribution in [-0.4, -0.2) is 10.9 Å². The minimum atomic E-state index is -0.0555. The predicted octanol–water partition coefficient (Wildman–Crippen LogP) is 4.57. The highest BCUT2D eigenvalue weighted by atomic mass is 79.9. The van der Waals surface area contributed by atoms with Gasteiger partial charge in [-0.3, -0.25) is 4.79 Å².